The van der Waals surface area contributed by atoms with E-state index in [1.165, 1.54) is 37.4 Å². The van der Waals surface area contributed by atoms with E-state index in [4.69, 9.17) is 9.47 Å². The smallest absolute Gasteiger partial charge is 0.416 e. The summed E-state index contributed by atoms with van der Waals surface area (Å²) in [6.45, 7) is 0. The Balaban J connectivity index is 1.78. The van der Waals surface area contributed by atoms with Gasteiger partial charge in [0.15, 0.2) is 11.5 Å². The molecule has 9 heteroatoms. The Bertz CT molecular complexity index is 1100. The van der Waals surface area contributed by atoms with Gasteiger partial charge in [-0.2, -0.15) is 13.2 Å². The molecular formula is C20H16F3NO4S. The van der Waals surface area contributed by atoms with Crippen molar-refractivity contribution in [2.75, 3.05) is 11.8 Å². The summed E-state index contributed by atoms with van der Waals surface area (Å²) >= 11 is 0. The number of hydrogen-bond acceptors (Lipinski definition) is 4. The molecule has 3 aromatic carbocycles. The van der Waals surface area contributed by atoms with E-state index < -0.39 is 21.8 Å². The summed E-state index contributed by atoms with van der Waals surface area (Å²) in [4.78, 5) is -0.123. The second kappa shape index (κ2) is 8.04. The van der Waals surface area contributed by atoms with E-state index in [-0.39, 0.29) is 10.6 Å². The molecule has 0 atom stereocenters. The molecule has 0 saturated carbocycles. The van der Waals surface area contributed by atoms with Crippen molar-refractivity contribution >= 4 is 15.7 Å². The van der Waals surface area contributed by atoms with Gasteiger partial charge in [-0.1, -0.05) is 18.2 Å². The third kappa shape index (κ3) is 5.00. The van der Waals surface area contributed by atoms with Gasteiger partial charge in [0.25, 0.3) is 10.0 Å². The highest BCUT2D eigenvalue weighted by atomic mass is 32.2. The Morgan fingerprint density at radius 1 is 0.862 bits per heavy atom. The van der Waals surface area contributed by atoms with Crippen LogP contribution in [0.4, 0.5) is 18.9 Å². The molecule has 0 bridgehead atoms. The van der Waals surface area contributed by atoms with Crippen LogP contribution in [-0.4, -0.2) is 15.5 Å². The Morgan fingerprint density at radius 2 is 1.52 bits per heavy atom. The average molecular weight is 423 g/mol. The highest BCUT2D eigenvalue weighted by molar-refractivity contribution is 7.92. The molecule has 5 nitrogen and oxygen atoms in total. The van der Waals surface area contributed by atoms with Crippen molar-refractivity contribution in [3.63, 3.8) is 0 Å². The zero-order valence-electron chi connectivity index (χ0n) is 15.1. The number of benzene rings is 3. The molecule has 0 unspecified atom stereocenters. The van der Waals surface area contributed by atoms with Gasteiger partial charge in [0.2, 0.25) is 0 Å². The number of sulfonamides is 1. The van der Waals surface area contributed by atoms with Gasteiger partial charge < -0.3 is 9.47 Å². The van der Waals surface area contributed by atoms with Crippen LogP contribution in [0.15, 0.2) is 77.7 Å². The van der Waals surface area contributed by atoms with Gasteiger partial charge in [0.05, 0.1) is 17.6 Å². The number of hydrogen-bond donors (Lipinski definition) is 1. The second-order valence-electron chi connectivity index (χ2n) is 5.91. The normalized spacial score (nSPS) is 11.7. The van der Waals surface area contributed by atoms with Crippen LogP contribution in [0.1, 0.15) is 5.56 Å². The van der Waals surface area contributed by atoms with Gasteiger partial charge in [-0.05, 0) is 54.6 Å². The fourth-order valence-electron chi connectivity index (χ4n) is 2.49. The van der Waals surface area contributed by atoms with Gasteiger partial charge in [0, 0.05) is 5.69 Å². The van der Waals surface area contributed by atoms with Crippen LogP contribution in [0, 0.1) is 0 Å². The predicted molar refractivity (Wildman–Crippen MR) is 102 cm³/mol. The highest BCUT2D eigenvalue weighted by Crippen LogP contribution is 2.33. The predicted octanol–water partition coefficient (Wildman–Crippen LogP) is 5.31. The molecule has 152 valence electrons. The molecule has 0 saturated heterocycles. The van der Waals surface area contributed by atoms with Crippen molar-refractivity contribution in [1.82, 2.24) is 0 Å². The van der Waals surface area contributed by atoms with Crippen LogP contribution in [0.3, 0.4) is 0 Å². The molecule has 0 spiro atoms. The lowest BCUT2D eigenvalue weighted by Crippen LogP contribution is -2.14. The van der Waals surface area contributed by atoms with E-state index in [9.17, 15) is 21.6 Å². The molecule has 0 aromatic heterocycles. The molecule has 3 rings (SSSR count). The third-order valence-corrected chi connectivity index (χ3v) is 5.27. The average Bonchev–Trinajstić information content (AvgIpc) is 2.68. The van der Waals surface area contributed by atoms with Crippen molar-refractivity contribution in [1.29, 1.82) is 0 Å². The molecule has 29 heavy (non-hydrogen) atoms. The number of halogens is 3. The van der Waals surface area contributed by atoms with E-state index in [2.05, 4.69) is 4.72 Å². The zero-order chi connectivity index (χ0) is 21.1. The molecule has 0 radical (unpaired) electrons. The maximum atomic E-state index is 12.8. The molecule has 0 aliphatic carbocycles. The van der Waals surface area contributed by atoms with Crippen molar-refractivity contribution in [2.24, 2.45) is 0 Å². The first kappa shape index (κ1) is 20.5. The number of alkyl halides is 3. The lowest BCUT2D eigenvalue weighted by molar-refractivity contribution is -0.137. The number of anilines is 1. The highest BCUT2D eigenvalue weighted by Gasteiger charge is 2.30. The maximum Gasteiger partial charge on any atom is 0.416 e. The van der Waals surface area contributed by atoms with E-state index >= 15 is 0 Å². The van der Waals surface area contributed by atoms with E-state index in [0.717, 1.165) is 18.2 Å². The topological polar surface area (TPSA) is 64.6 Å². The van der Waals surface area contributed by atoms with Gasteiger partial charge in [-0.3, -0.25) is 4.72 Å². The molecule has 1 N–H and O–H groups in total. The summed E-state index contributed by atoms with van der Waals surface area (Å²) in [5.74, 6) is 1.33. The third-order valence-electron chi connectivity index (χ3n) is 3.87. The van der Waals surface area contributed by atoms with E-state index in [0.29, 0.717) is 17.2 Å². The molecule has 0 aliphatic rings. The summed E-state index contributed by atoms with van der Waals surface area (Å²) in [7, 11) is -2.58. The number of ether oxygens (including phenoxy) is 2. The Hall–Kier alpha value is -3.20. The second-order valence-corrected chi connectivity index (χ2v) is 7.59. The van der Waals surface area contributed by atoms with Crippen LogP contribution in [-0.2, 0) is 16.2 Å². The van der Waals surface area contributed by atoms with Gasteiger partial charge in [-0.25, -0.2) is 8.42 Å². The number of para-hydroxylation sites is 2. The molecule has 0 heterocycles. The number of methoxy groups -OCH3 is 1. The Kier molecular flexibility index (Phi) is 5.69. The fraction of sp³-hybridized carbons (Fsp3) is 0.100. The minimum Gasteiger partial charge on any atom is -0.493 e. The van der Waals surface area contributed by atoms with Crippen LogP contribution in [0.5, 0.6) is 17.2 Å². The lowest BCUT2D eigenvalue weighted by atomic mass is 10.2. The quantitative estimate of drug-likeness (QED) is 0.584. The van der Waals surface area contributed by atoms with E-state index in [1.54, 1.807) is 24.3 Å². The monoisotopic (exact) mass is 423 g/mol. The van der Waals surface area contributed by atoms with Crippen molar-refractivity contribution in [3.05, 3.63) is 78.4 Å². The first-order valence-corrected chi connectivity index (χ1v) is 9.78. The van der Waals surface area contributed by atoms with E-state index in [1.807, 2.05) is 0 Å². The van der Waals surface area contributed by atoms with Crippen molar-refractivity contribution in [3.8, 4) is 17.2 Å². The summed E-state index contributed by atoms with van der Waals surface area (Å²) in [5, 5.41) is 0. The number of nitrogens with one attached hydrogen (secondary N) is 1. The number of rotatable bonds is 6. The van der Waals surface area contributed by atoms with Crippen LogP contribution >= 0.6 is 0 Å². The molecule has 0 aliphatic heterocycles. The van der Waals surface area contributed by atoms with Gasteiger partial charge in [0.1, 0.15) is 5.75 Å². The first-order chi connectivity index (χ1) is 13.7. The van der Waals surface area contributed by atoms with Crippen LogP contribution in [0.2, 0.25) is 0 Å². The maximum absolute atomic E-state index is 12.8. The Labute approximate surface area is 165 Å². The molecule has 3 aromatic rings. The summed E-state index contributed by atoms with van der Waals surface area (Å²) < 4.78 is 76.4. The van der Waals surface area contributed by atoms with Crippen LogP contribution in [0.25, 0.3) is 0 Å². The molecule has 0 fully saturated rings. The van der Waals surface area contributed by atoms with Crippen molar-refractivity contribution < 1.29 is 31.1 Å². The minimum atomic E-state index is -4.57. The zero-order valence-corrected chi connectivity index (χ0v) is 15.9. The lowest BCUT2D eigenvalue weighted by Gasteiger charge is -2.12. The molecular weight excluding hydrogens is 407 g/mol. The van der Waals surface area contributed by atoms with Crippen molar-refractivity contribution in [2.45, 2.75) is 11.1 Å². The standard InChI is InChI=1S/C20H16F3NO4S/c1-27-18-7-2-3-8-19(18)28-16-9-11-17(12-10-16)29(25,26)24-15-6-4-5-14(13-15)20(21,22)23/h2-13,24H,1H3. The first-order valence-electron chi connectivity index (χ1n) is 8.30. The van der Waals surface area contributed by atoms with Gasteiger partial charge in [-0.15, -0.1) is 0 Å². The summed E-state index contributed by atoms with van der Waals surface area (Å²) in [6.07, 6.45) is -4.57. The van der Waals surface area contributed by atoms with Gasteiger partial charge >= 0.3 is 6.18 Å². The van der Waals surface area contributed by atoms with Crippen LogP contribution < -0.4 is 14.2 Å². The molecule has 0 amide bonds. The summed E-state index contributed by atoms with van der Waals surface area (Å²) in [6, 6.07) is 16.4. The minimum absolute atomic E-state index is 0.123. The largest absolute Gasteiger partial charge is 0.493 e. The summed E-state index contributed by atoms with van der Waals surface area (Å²) in [5.41, 5.74) is -1.13. The Morgan fingerprint density at radius 3 is 2.14 bits per heavy atom. The fourth-order valence-corrected chi connectivity index (χ4v) is 3.54. The SMILES string of the molecule is COc1ccccc1Oc1ccc(S(=O)(=O)Nc2cccc(C(F)(F)F)c2)cc1.